The lowest BCUT2D eigenvalue weighted by Gasteiger charge is -2.34. The Morgan fingerprint density at radius 1 is 0.842 bits per heavy atom. The smallest absolute Gasteiger partial charge is 0.249 e. The molecule has 4 amide bonds. The van der Waals surface area contributed by atoms with E-state index in [9.17, 15) is 38.4 Å². The number of nitrogens with one attached hydrogen (secondary N) is 1. The van der Waals surface area contributed by atoms with Crippen LogP contribution in [0.1, 0.15) is 137 Å². The Kier molecular flexibility index (Phi) is 16.0. The van der Waals surface area contributed by atoms with Crippen LogP contribution in [0.3, 0.4) is 0 Å². The number of hydrogen-bond acceptors (Lipinski definition) is 9. The van der Waals surface area contributed by atoms with Gasteiger partial charge in [-0.25, -0.2) is 0 Å². The van der Waals surface area contributed by atoms with Crippen LogP contribution in [0.5, 0.6) is 0 Å². The topological polar surface area (TPSA) is 213 Å². The third-order valence-corrected chi connectivity index (χ3v) is 10.9. The highest BCUT2D eigenvalue weighted by molar-refractivity contribution is 6.38. The van der Waals surface area contributed by atoms with Crippen LogP contribution in [0, 0.1) is 17.8 Å². The maximum absolute atomic E-state index is 14.8. The maximum atomic E-state index is 14.8. The standard InChI is InChI=1S/C44H58N4O9/c1-5-14-29(40(53)35(49)21-22-38(52)47-39(42(46)55)28-17-10-7-11-18-28)23-37(51)34-24-30(57-44(2,3)4)26-48(34)43(56)33(27-15-8-6-9-16-27)25-36(50)31-19-12-13-20-32(31)41(45)54/h7,10-13,17-20,27,29-30,33-34,39H,5-6,8-9,14-16,21-26H2,1-4H3,(H2,45,54)(H2,46,55)(H,47,52)/t29?,30-,33+,34+,39+/m1/s1. The van der Waals surface area contributed by atoms with Crippen LogP contribution >= 0.6 is 0 Å². The van der Waals surface area contributed by atoms with Gasteiger partial charge in [0.05, 0.1) is 17.7 Å². The summed E-state index contributed by atoms with van der Waals surface area (Å²) in [7, 11) is 0. The Balaban J connectivity index is 1.52. The quantitative estimate of drug-likeness (QED) is 0.122. The molecule has 308 valence electrons. The van der Waals surface area contributed by atoms with Gasteiger partial charge >= 0.3 is 0 Å². The second-order valence-corrected chi connectivity index (χ2v) is 16.4. The van der Waals surface area contributed by atoms with Crippen molar-refractivity contribution in [2.75, 3.05) is 6.54 Å². The molecule has 0 aromatic heterocycles. The molecular formula is C44H58N4O9. The van der Waals surface area contributed by atoms with E-state index in [1.165, 1.54) is 17.0 Å². The first-order chi connectivity index (χ1) is 27.0. The number of primary amides is 2. The molecule has 5 N–H and O–H groups in total. The van der Waals surface area contributed by atoms with Crippen molar-refractivity contribution in [1.29, 1.82) is 0 Å². The van der Waals surface area contributed by atoms with E-state index in [0.717, 1.165) is 32.1 Å². The summed E-state index contributed by atoms with van der Waals surface area (Å²) >= 11 is 0. The highest BCUT2D eigenvalue weighted by Gasteiger charge is 2.46. The monoisotopic (exact) mass is 786 g/mol. The molecule has 1 heterocycles. The largest absolute Gasteiger partial charge is 0.371 e. The lowest BCUT2D eigenvalue weighted by molar-refractivity contribution is -0.144. The summed E-state index contributed by atoms with van der Waals surface area (Å²) in [4.78, 5) is 108. The van der Waals surface area contributed by atoms with Gasteiger partial charge in [0.25, 0.3) is 0 Å². The summed E-state index contributed by atoms with van der Waals surface area (Å²) in [6.45, 7) is 7.58. The Morgan fingerprint density at radius 3 is 2.07 bits per heavy atom. The predicted octanol–water partition coefficient (Wildman–Crippen LogP) is 4.98. The number of Topliss-reactive ketones (excluding diaryl/α,β-unsaturated/α-hetero) is 4. The highest BCUT2D eigenvalue weighted by atomic mass is 16.5. The van der Waals surface area contributed by atoms with Crippen molar-refractivity contribution in [3.05, 3.63) is 71.3 Å². The lowest BCUT2D eigenvalue weighted by Crippen LogP contribution is -2.47. The number of ether oxygens (including phenoxy) is 1. The Hall–Kier alpha value is -5.04. The van der Waals surface area contributed by atoms with Crippen molar-refractivity contribution in [2.45, 2.75) is 129 Å². The number of nitrogens with zero attached hydrogens (tertiary/aromatic N) is 1. The molecule has 5 atom stereocenters. The van der Waals surface area contributed by atoms with Gasteiger partial charge in [-0.15, -0.1) is 0 Å². The molecule has 13 heteroatoms. The number of ketones is 4. The van der Waals surface area contributed by atoms with E-state index in [-0.39, 0.29) is 73.2 Å². The van der Waals surface area contributed by atoms with Crippen molar-refractivity contribution in [1.82, 2.24) is 10.2 Å². The number of likely N-dealkylation sites (tertiary alicyclic amines) is 1. The summed E-state index contributed by atoms with van der Waals surface area (Å²) in [5.74, 6) is -6.73. The molecule has 0 spiro atoms. The van der Waals surface area contributed by atoms with Crippen molar-refractivity contribution < 1.29 is 43.1 Å². The minimum absolute atomic E-state index is 0.0778. The Labute approximate surface area is 335 Å². The zero-order chi connectivity index (χ0) is 41.9. The Morgan fingerprint density at radius 2 is 1.47 bits per heavy atom. The molecule has 1 unspecified atom stereocenters. The minimum atomic E-state index is -1.11. The van der Waals surface area contributed by atoms with Crippen LogP contribution in [-0.2, 0) is 33.5 Å². The minimum Gasteiger partial charge on any atom is -0.371 e. The molecule has 0 bridgehead atoms. The average molecular weight is 787 g/mol. The van der Waals surface area contributed by atoms with Gasteiger partial charge in [0.1, 0.15) is 6.04 Å². The van der Waals surface area contributed by atoms with Gasteiger partial charge < -0.3 is 26.4 Å². The van der Waals surface area contributed by atoms with Crippen LogP contribution in [0.15, 0.2) is 54.6 Å². The fraction of sp³-hybridized carbons (Fsp3) is 0.545. The van der Waals surface area contributed by atoms with Gasteiger partial charge in [0.15, 0.2) is 17.3 Å². The van der Waals surface area contributed by atoms with Crippen molar-refractivity contribution in [3.8, 4) is 0 Å². The van der Waals surface area contributed by atoms with Crippen LogP contribution in [-0.4, -0.2) is 76.0 Å². The second kappa shape index (κ2) is 20.4. The summed E-state index contributed by atoms with van der Waals surface area (Å²) in [5, 5.41) is 2.53. The molecule has 1 saturated heterocycles. The molecule has 1 aliphatic carbocycles. The Bertz CT molecular complexity index is 1800. The van der Waals surface area contributed by atoms with Crippen LogP contribution in [0.4, 0.5) is 0 Å². The summed E-state index contributed by atoms with van der Waals surface area (Å²) in [6.07, 6.45) is 3.44. The summed E-state index contributed by atoms with van der Waals surface area (Å²) < 4.78 is 6.29. The SMILES string of the molecule is CCCC(CC(=O)[C@@H]1C[C@@H](OC(C)(C)C)CN1C(=O)[C@@H](CC(=O)c1ccccc1C(N)=O)C1CCCCC1)C(=O)C(=O)CCC(=O)N[C@H](C(N)=O)c1ccccc1. The molecule has 1 saturated carbocycles. The van der Waals surface area contributed by atoms with Gasteiger partial charge in [0.2, 0.25) is 29.4 Å². The van der Waals surface area contributed by atoms with Crippen LogP contribution in [0.25, 0.3) is 0 Å². The van der Waals surface area contributed by atoms with Crippen LogP contribution < -0.4 is 16.8 Å². The number of hydrogen-bond donors (Lipinski definition) is 3. The fourth-order valence-electron chi connectivity index (χ4n) is 8.22. The number of carbonyl (C=O) groups excluding carboxylic acids is 8. The van der Waals surface area contributed by atoms with E-state index in [1.54, 1.807) is 42.5 Å². The zero-order valence-corrected chi connectivity index (χ0v) is 33.6. The molecule has 0 radical (unpaired) electrons. The first-order valence-corrected chi connectivity index (χ1v) is 20.1. The van der Waals surface area contributed by atoms with E-state index in [2.05, 4.69) is 5.32 Å². The molecule has 57 heavy (non-hydrogen) atoms. The van der Waals surface area contributed by atoms with Gasteiger partial charge in [-0.05, 0) is 57.6 Å². The first-order valence-electron chi connectivity index (χ1n) is 20.1. The van der Waals surface area contributed by atoms with Gasteiger partial charge in [-0.1, -0.05) is 81.1 Å². The highest BCUT2D eigenvalue weighted by Crippen LogP contribution is 2.37. The normalized spacial score (nSPS) is 18.9. The third-order valence-electron chi connectivity index (χ3n) is 10.9. The fourth-order valence-corrected chi connectivity index (χ4v) is 8.22. The summed E-state index contributed by atoms with van der Waals surface area (Å²) in [5.41, 5.74) is 11.2. The molecule has 2 aromatic rings. The number of nitrogens with two attached hydrogens (primary N) is 2. The predicted molar refractivity (Wildman–Crippen MR) is 213 cm³/mol. The number of carbonyl (C=O) groups is 8. The van der Waals surface area contributed by atoms with Crippen molar-refractivity contribution in [2.24, 2.45) is 29.2 Å². The van der Waals surface area contributed by atoms with E-state index >= 15 is 0 Å². The van der Waals surface area contributed by atoms with Gasteiger partial charge in [-0.3, -0.25) is 38.4 Å². The van der Waals surface area contributed by atoms with E-state index in [0.29, 0.717) is 12.0 Å². The lowest BCUT2D eigenvalue weighted by atomic mass is 9.76. The molecular weight excluding hydrogens is 729 g/mol. The van der Waals surface area contributed by atoms with E-state index in [4.69, 9.17) is 16.2 Å². The number of amides is 4. The molecule has 4 rings (SSSR count). The van der Waals surface area contributed by atoms with E-state index in [1.807, 2.05) is 27.7 Å². The molecule has 2 aliphatic rings. The van der Waals surface area contributed by atoms with Gasteiger partial charge in [-0.2, -0.15) is 0 Å². The van der Waals surface area contributed by atoms with Gasteiger partial charge in [0, 0.05) is 61.6 Å². The second-order valence-electron chi connectivity index (χ2n) is 16.4. The maximum Gasteiger partial charge on any atom is 0.249 e. The van der Waals surface area contributed by atoms with E-state index < -0.39 is 71.3 Å². The third kappa shape index (κ3) is 12.5. The van der Waals surface area contributed by atoms with Crippen LogP contribution in [0.2, 0.25) is 0 Å². The number of benzene rings is 2. The van der Waals surface area contributed by atoms with Crippen molar-refractivity contribution in [3.63, 3.8) is 0 Å². The zero-order valence-electron chi connectivity index (χ0n) is 33.6. The summed E-state index contributed by atoms with van der Waals surface area (Å²) in [6, 6.07) is 12.6. The molecule has 2 aromatic carbocycles. The first kappa shape index (κ1) is 44.7. The van der Waals surface area contributed by atoms with Crippen molar-refractivity contribution >= 4 is 46.8 Å². The molecule has 1 aliphatic heterocycles. The molecule has 13 nitrogen and oxygen atoms in total. The average Bonchev–Trinajstić information content (AvgIpc) is 3.60. The number of rotatable bonds is 20. The molecule has 2 fully saturated rings.